The van der Waals surface area contributed by atoms with E-state index < -0.39 is 11.9 Å². The molecule has 1 aromatic heterocycles. The summed E-state index contributed by atoms with van der Waals surface area (Å²) in [4.78, 5) is 22.2. The van der Waals surface area contributed by atoms with Crippen LogP contribution >= 0.6 is 0 Å². The highest BCUT2D eigenvalue weighted by atomic mass is 19.1. The molecule has 1 amide bonds. The zero-order chi connectivity index (χ0) is 24.6. The zero-order valence-electron chi connectivity index (χ0n) is 19.0. The number of nitrogens with one attached hydrogen (secondary N) is 1. The number of hydrogen-bond donors (Lipinski definition) is 1. The Morgan fingerprint density at radius 1 is 1.23 bits per heavy atom. The van der Waals surface area contributed by atoms with Crippen LogP contribution in [0.25, 0.3) is 0 Å². The molecule has 1 saturated carbocycles. The number of nitrogens with zero attached hydrogens (tertiary/aromatic N) is 5. The second kappa shape index (κ2) is 9.01. The van der Waals surface area contributed by atoms with Crippen molar-refractivity contribution in [1.29, 1.82) is 10.5 Å². The maximum atomic E-state index is 15.3. The van der Waals surface area contributed by atoms with Crippen molar-refractivity contribution < 1.29 is 23.4 Å². The first-order chi connectivity index (χ1) is 16.9. The van der Waals surface area contributed by atoms with Crippen LogP contribution in [0.1, 0.15) is 30.9 Å². The summed E-state index contributed by atoms with van der Waals surface area (Å²) in [6.45, 7) is 3.43. The first-order valence-corrected chi connectivity index (χ1v) is 11.3. The fourth-order valence-electron chi connectivity index (χ4n) is 4.39. The van der Waals surface area contributed by atoms with E-state index in [4.69, 9.17) is 19.5 Å². The number of aromatic nitrogens is 2. The van der Waals surface area contributed by atoms with Crippen molar-refractivity contribution in [2.24, 2.45) is 11.8 Å². The van der Waals surface area contributed by atoms with Crippen molar-refractivity contribution >= 4 is 17.6 Å². The third-order valence-corrected chi connectivity index (χ3v) is 6.58. The Hall–Kier alpha value is -3.96. The molecule has 2 saturated heterocycles. The number of ether oxygens (including phenoxy) is 3. The highest BCUT2D eigenvalue weighted by Gasteiger charge is 2.47. The van der Waals surface area contributed by atoms with Gasteiger partial charge in [-0.25, -0.2) is 9.78 Å². The fourth-order valence-corrected chi connectivity index (χ4v) is 4.39. The van der Waals surface area contributed by atoms with Crippen LogP contribution < -0.4 is 10.1 Å². The summed E-state index contributed by atoms with van der Waals surface area (Å²) >= 11 is 0. The Balaban J connectivity index is 1.31. The van der Waals surface area contributed by atoms with E-state index in [9.17, 15) is 10.1 Å². The van der Waals surface area contributed by atoms with Crippen molar-refractivity contribution in [3.05, 3.63) is 41.5 Å². The molecule has 1 aromatic carbocycles. The number of carbonyl (C=O) groups excluding carboxylic acids is 1. The lowest BCUT2D eigenvalue weighted by molar-refractivity contribution is -0.112. The number of nitriles is 2. The van der Waals surface area contributed by atoms with E-state index in [1.165, 1.54) is 24.5 Å². The Morgan fingerprint density at radius 2 is 1.97 bits per heavy atom. The zero-order valence-corrected chi connectivity index (χ0v) is 19.0. The average Bonchev–Trinajstić information content (AvgIpc) is 3.57. The van der Waals surface area contributed by atoms with Gasteiger partial charge in [-0.1, -0.05) is 0 Å². The Bertz CT molecular complexity index is 1220. The van der Waals surface area contributed by atoms with Gasteiger partial charge in [-0.15, -0.1) is 0 Å². The Kier molecular flexibility index (Phi) is 5.87. The van der Waals surface area contributed by atoms with Crippen LogP contribution in [0.15, 0.2) is 24.5 Å². The van der Waals surface area contributed by atoms with E-state index >= 15 is 4.39 Å². The maximum Gasteiger partial charge on any atom is 0.410 e. The lowest BCUT2D eigenvalue weighted by Crippen LogP contribution is -2.59. The molecule has 2 bridgehead atoms. The lowest BCUT2D eigenvalue weighted by atomic mass is 9.84. The maximum absolute atomic E-state index is 15.3. The van der Waals surface area contributed by atoms with Crippen molar-refractivity contribution in [1.82, 2.24) is 14.9 Å². The number of piperidine rings is 1. The van der Waals surface area contributed by atoms with Gasteiger partial charge in [0.1, 0.15) is 24.1 Å². The normalized spacial score (nSPS) is 24.0. The standard InChI is InChI=1S/C24H23FN6O4/c1-24(4-5-24)35-23(32)31-9-16-11-33-12-17(10-31)20(16)34-22-19(25)21(28-13-29-22)30-18-3-2-14(7-26)6-15(18)8-27/h2-3,6,13,16-17,20H,4-5,9-12H2,1H3,(H,28,29,30). The molecule has 3 fully saturated rings. The number of amides is 1. The van der Waals surface area contributed by atoms with E-state index in [-0.39, 0.29) is 40.8 Å². The third-order valence-electron chi connectivity index (χ3n) is 6.58. The molecule has 10 nitrogen and oxygen atoms in total. The number of likely N-dealkylation sites (tertiary alicyclic amines) is 1. The second-order valence-corrected chi connectivity index (χ2v) is 9.31. The molecule has 2 aromatic rings. The van der Waals surface area contributed by atoms with Crippen LogP contribution in [0, 0.1) is 40.3 Å². The summed E-state index contributed by atoms with van der Waals surface area (Å²) in [7, 11) is 0. The highest BCUT2D eigenvalue weighted by Crippen LogP contribution is 2.40. The molecule has 2 aliphatic heterocycles. The minimum Gasteiger partial charge on any atom is -0.471 e. The summed E-state index contributed by atoms with van der Waals surface area (Å²) in [5, 5.41) is 21.2. The van der Waals surface area contributed by atoms with Crippen LogP contribution in [0.4, 0.5) is 20.7 Å². The molecule has 180 valence electrons. The molecule has 2 unspecified atom stereocenters. The van der Waals surface area contributed by atoms with Crippen molar-refractivity contribution in [2.75, 3.05) is 31.6 Å². The molecule has 11 heteroatoms. The third kappa shape index (κ3) is 4.68. The van der Waals surface area contributed by atoms with Gasteiger partial charge < -0.3 is 24.4 Å². The number of benzene rings is 1. The molecule has 1 N–H and O–H groups in total. The number of rotatable bonds is 5. The molecule has 2 atom stereocenters. The number of halogens is 1. The molecular formula is C24H23FN6O4. The van der Waals surface area contributed by atoms with Gasteiger partial charge in [0.2, 0.25) is 5.82 Å². The first-order valence-electron chi connectivity index (χ1n) is 11.3. The number of anilines is 2. The summed E-state index contributed by atoms with van der Waals surface area (Å²) in [6.07, 6.45) is 2.18. The fraction of sp³-hybridized carbons (Fsp3) is 0.458. The van der Waals surface area contributed by atoms with Gasteiger partial charge in [-0.2, -0.15) is 19.9 Å². The Labute approximate surface area is 201 Å². The quantitative estimate of drug-likeness (QED) is 0.688. The topological polar surface area (TPSA) is 133 Å². The summed E-state index contributed by atoms with van der Waals surface area (Å²) in [5.41, 5.74) is 0.436. The van der Waals surface area contributed by atoms with Gasteiger partial charge >= 0.3 is 6.09 Å². The first kappa shape index (κ1) is 22.8. The van der Waals surface area contributed by atoms with Gasteiger partial charge in [-0.05, 0) is 38.0 Å². The Morgan fingerprint density at radius 3 is 2.63 bits per heavy atom. The molecule has 1 aliphatic carbocycles. The second-order valence-electron chi connectivity index (χ2n) is 9.31. The lowest BCUT2D eigenvalue weighted by Gasteiger charge is -2.46. The largest absolute Gasteiger partial charge is 0.471 e. The van der Waals surface area contributed by atoms with Gasteiger partial charge in [-0.3, -0.25) is 0 Å². The van der Waals surface area contributed by atoms with E-state index in [0.29, 0.717) is 37.6 Å². The number of fused-ring (bicyclic) bond motifs is 2. The smallest absolute Gasteiger partial charge is 0.410 e. The molecular weight excluding hydrogens is 455 g/mol. The van der Waals surface area contributed by atoms with Crippen molar-refractivity contribution in [3.63, 3.8) is 0 Å². The minimum atomic E-state index is -0.803. The van der Waals surface area contributed by atoms with E-state index in [0.717, 1.165) is 12.8 Å². The molecule has 0 spiro atoms. The van der Waals surface area contributed by atoms with E-state index in [2.05, 4.69) is 15.3 Å². The molecule has 3 aliphatic rings. The van der Waals surface area contributed by atoms with E-state index in [1.807, 2.05) is 19.1 Å². The van der Waals surface area contributed by atoms with Crippen LogP contribution in [-0.4, -0.2) is 59.0 Å². The number of carbonyl (C=O) groups is 1. The van der Waals surface area contributed by atoms with Gasteiger partial charge in [0.15, 0.2) is 5.82 Å². The number of hydrogen-bond acceptors (Lipinski definition) is 9. The van der Waals surface area contributed by atoms with Gasteiger partial charge in [0, 0.05) is 24.9 Å². The van der Waals surface area contributed by atoms with Crippen molar-refractivity contribution in [3.8, 4) is 18.0 Å². The minimum absolute atomic E-state index is 0.156. The molecule has 0 radical (unpaired) electrons. The monoisotopic (exact) mass is 478 g/mol. The molecule has 35 heavy (non-hydrogen) atoms. The van der Waals surface area contributed by atoms with Gasteiger partial charge in [0.05, 0.1) is 36.1 Å². The van der Waals surface area contributed by atoms with Crippen LogP contribution in [0.3, 0.4) is 0 Å². The van der Waals surface area contributed by atoms with Crippen LogP contribution in [-0.2, 0) is 9.47 Å². The molecule has 5 rings (SSSR count). The van der Waals surface area contributed by atoms with Crippen LogP contribution in [0.5, 0.6) is 5.88 Å². The predicted molar refractivity (Wildman–Crippen MR) is 119 cm³/mol. The van der Waals surface area contributed by atoms with Crippen LogP contribution in [0.2, 0.25) is 0 Å². The van der Waals surface area contributed by atoms with Gasteiger partial charge in [0.25, 0.3) is 5.88 Å². The predicted octanol–water partition coefficient (Wildman–Crippen LogP) is 3.12. The van der Waals surface area contributed by atoms with Crippen molar-refractivity contribution in [2.45, 2.75) is 31.5 Å². The summed E-state index contributed by atoms with van der Waals surface area (Å²) in [6, 6.07) is 8.38. The highest BCUT2D eigenvalue weighted by molar-refractivity contribution is 5.69. The summed E-state index contributed by atoms with van der Waals surface area (Å²) < 4.78 is 32.6. The SMILES string of the molecule is CC1(OC(=O)N2CC3COCC(C2)C3Oc2ncnc(Nc3ccc(C#N)cc3C#N)c2F)CC1. The summed E-state index contributed by atoms with van der Waals surface area (Å²) in [5.74, 6) is -1.52. The average molecular weight is 478 g/mol. The van der Waals surface area contributed by atoms with E-state index in [1.54, 1.807) is 4.90 Å². The molecule has 3 heterocycles.